The molecule has 1 aromatic rings. The van der Waals surface area contributed by atoms with Gasteiger partial charge < -0.3 is 17.0 Å². The fourth-order valence-electron chi connectivity index (χ4n) is 0.508. The zero-order valence-corrected chi connectivity index (χ0v) is 11.7. The topological polar surface area (TPSA) is 0 Å². The third-order valence-corrected chi connectivity index (χ3v) is 1.67. The first-order chi connectivity index (χ1) is 3.93. The van der Waals surface area contributed by atoms with E-state index in [9.17, 15) is 0 Å². The summed E-state index contributed by atoms with van der Waals surface area (Å²) in [6.45, 7) is 0. The van der Waals surface area contributed by atoms with Crippen LogP contribution in [-0.2, 0) is 0 Å². The van der Waals surface area contributed by atoms with Gasteiger partial charge in [-0.1, -0.05) is 0 Å². The summed E-state index contributed by atoms with van der Waals surface area (Å²) < 4.78 is 0. The van der Waals surface area contributed by atoms with Gasteiger partial charge in [-0.15, -0.1) is 21.9 Å². The van der Waals surface area contributed by atoms with Crippen LogP contribution in [0.4, 0.5) is 0 Å². The van der Waals surface area contributed by atoms with Gasteiger partial charge in [0.15, 0.2) is 0 Å². The molecule has 0 aliphatic heterocycles. The van der Waals surface area contributed by atoms with E-state index in [-0.39, 0.29) is 57.0 Å². The molecule has 0 saturated heterocycles. The Morgan fingerprint density at radius 3 is 2.00 bits per heavy atom. The van der Waals surface area contributed by atoms with Gasteiger partial charge in [0.25, 0.3) is 0 Å². The van der Waals surface area contributed by atoms with Crippen LogP contribution in [-0.4, -0.2) is 29.3 Å². The van der Waals surface area contributed by atoms with E-state index in [0.717, 1.165) is 0 Å². The second-order valence-corrected chi connectivity index (χ2v) is 2.32. The Balaban J connectivity index is -0.000000213. The molecule has 0 spiro atoms. The van der Waals surface area contributed by atoms with Crippen LogP contribution in [0.2, 0.25) is 0 Å². The predicted octanol–water partition coefficient (Wildman–Crippen LogP) is -0.590. The third kappa shape index (κ3) is 7.65. The van der Waals surface area contributed by atoms with Gasteiger partial charge in [0.05, 0.1) is 0 Å². The summed E-state index contributed by atoms with van der Waals surface area (Å²) in [7, 11) is 0. The van der Waals surface area contributed by atoms with E-state index in [0.29, 0.717) is 0 Å². The van der Waals surface area contributed by atoms with Crippen molar-refractivity contribution < 1.29 is 17.0 Å². The van der Waals surface area contributed by atoms with Crippen molar-refractivity contribution in [1.82, 2.24) is 0 Å². The summed E-state index contributed by atoms with van der Waals surface area (Å²) in [6.07, 6.45) is 2.06. The number of halogens is 2. The van der Waals surface area contributed by atoms with Crippen LogP contribution in [0.15, 0.2) is 29.2 Å². The first-order valence-electron chi connectivity index (χ1n) is 2.43. The minimum atomic E-state index is 0. The normalized spacial score (nSPS) is 6.64. The molecular weight excluding hydrogens is 300 g/mol. The summed E-state index contributed by atoms with van der Waals surface area (Å²) in [4.78, 5) is 1.30. The summed E-state index contributed by atoms with van der Waals surface area (Å²) >= 11 is 1.75. The van der Waals surface area contributed by atoms with Crippen molar-refractivity contribution in [3.05, 3.63) is 30.3 Å². The van der Waals surface area contributed by atoms with Crippen molar-refractivity contribution in [3.63, 3.8) is 0 Å². The van der Waals surface area contributed by atoms with Crippen LogP contribution >= 0.6 is 28.7 Å². The molecule has 0 nitrogen and oxygen atoms in total. The maximum absolute atomic E-state index is 2.95. The minimum absolute atomic E-state index is 0. The first-order valence-corrected chi connectivity index (χ1v) is 3.66. The molecule has 0 saturated carbocycles. The van der Waals surface area contributed by atoms with Gasteiger partial charge in [0, 0.05) is 0 Å². The average molecular weight is 308 g/mol. The van der Waals surface area contributed by atoms with Crippen molar-refractivity contribution in [3.8, 4) is 0 Å². The SMILES string of the molecule is Br.CSc1cc[c-]cc1.[Br-].[Mg+2]. The Bertz CT molecular complexity index is 158. The number of rotatable bonds is 1. The van der Waals surface area contributed by atoms with Crippen LogP contribution in [0.5, 0.6) is 0 Å². The second-order valence-electron chi connectivity index (χ2n) is 1.44. The molecule has 0 amide bonds. The number of hydrogen-bond acceptors (Lipinski definition) is 1. The molecule has 0 bridgehead atoms. The van der Waals surface area contributed by atoms with Crippen molar-refractivity contribution in [1.29, 1.82) is 0 Å². The van der Waals surface area contributed by atoms with E-state index in [1.807, 2.05) is 24.3 Å². The smallest absolute Gasteiger partial charge is 1.00 e. The molecule has 58 valence electrons. The Kier molecular flexibility index (Phi) is 18.6. The van der Waals surface area contributed by atoms with Crippen molar-refractivity contribution in [2.24, 2.45) is 0 Å². The van der Waals surface area contributed by atoms with E-state index >= 15 is 0 Å². The molecule has 0 aliphatic rings. The number of hydrogen-bond donors (Lipinski definition) is 0. The van der Waals surface area contributed by atoms with Gasteiger partial charge >= 0.3 is 23.1 Å². The van der Waals surface area contributed by atoms with Crippen molar-refractivity contribution in [2.75, 3.05) is 6.26 Å². The molecular formula is C7H8Br2MgS. The largest absolute Gasteiger partial charge is 2.00 e. The molecule has 0 aromatic heterocycles. The van der Waals surface area contributed by atoms with Crippen LogP contribution < -0.4 is 17.0 Å². The Hall–Kier alpha value is 1.30. The third-order valence-electron chi connectivity index (χ3n) is 0.923. The molecule has 11 heavy (non-hydrogen) atoms. The predicted molar refractivity (Wildman–Crippen MR) is 53.1 cm³/mol. The average Bonchev–Trinajstić information content (AvgIpc) is 1.90. The van der Waals surface area contributed by atoms with Gasteiger partial charge in [-0.25, -0.2) is 0 Å². The van der Waals surface area contributed by atoms with Gasteiger partial charge in [-0.2, -0.15) is 42.1 Å². The maximum Gasteiger partial charge on any atom is 2.00 e. The summed E-state index contributed by atoms with van der Waals surface area (Å²) in [5, 5.41) is 0. The molecule has 0 aliphatic carbocycles. The summed E-state index contributed by atoms with van der Waals surface area (Å²) in [5.74, 6) is 0. The molecule has 0 N–H and O–H groups in total. The summed E-state index contributed by atoms with van der Waals surface area (Å²) in [6, 6.07) is 10.9. The monoisotopic (exact) mass is 306 g/mol. The molecule has 1 rings (SSSR count). The second kappa shape index (κ2) is 11.3. The van der Waals surface area contributed by atoms with E-state index in [4.69, 9.17) is 0 Å². The van der Waals surface area contributed by atoms with E-state index in [1.54, 1.807) is 11.8 Å². The van der Waals surface area contributed by atoms with Crippen molar-refractivity contribution >= 4 is 51.8 Å². The van der Waals surface area contributed by atoms with Gasteiger partial charge in [-0.3, -0.25) is 0 Å². The molecule has 0 radical (unpaired) electrons. The zero-order valence-electron chi connectivity index (χ0n) is 6.21. The van der Waals surface area contributed by atoms with Crippen molar-refractivity contribution in [2.45, 2.75) is 4.90 Å². The Labute approximate surface area is 109 Å². The van der Waals surface area contributed by atoms with Gasteiger partial charge in [0.2, 0.25) is 0 Å². The fourth-order valence-corrected chi connectivity index (χ4v) is 0.916. The fraction of sp³-hybridized carbons (Fsp3) is 0.143. The number of thioether (sulfide) groups is 1. The quantitative estimate of drug-likeness (QED) is 0.380. The van der Waals surface area contributed by atoms with Crippen LogP contribution in [0, 0.1) is 6.07 Å². The number of benzene rings is 1. The van der Waals surface area contributed by atoms with Gasteiger partial charge in [-0.05, 0) is 6.26 Å². The first kappa shape index (κ1) is 18.2. The Morgan fingerprint density at radius 2 is 1.73 bits per heavy atom. The maximum atomic E-state index is 2.95. The summed E-state index contributed by atoms with van der Waals surface area (Å²) in [5.41, 5.74) is 0. The molecule has 1 aromatic carbocycles. The molecule has 4 heteroatoms. The van der Waals surface area contributed by atoms with Crippen LogP contribution in [0.25, 0.3) is 0 Å². The zero-order chi connectivity index (χ0) is 5.82. The molecule has 0 heterocycles. The molecule has 0 unspecified atom stereocenters. The molecule has 0 fully saturated rings. The van der Waals surface area contributed by atoms with Crippen LogP contribution in [0.3, 0.4) is 0 Å². The Morgan fingerprint density at radius 1 is 1.27 bits per heavy atom. The minimum Gasteiger partial charge on any atom is -1.00 e. The molecule has 0 atom stereocenters. The van der Waals surface area contributed by atoms with Gasteiger partial charge in [0.1, 0.15) is 0 Å². The van der Waals surface area contributed by atoms with Crippen LogP contribution in [0.1, 0.15) is 0 Å². The van der Waals surface area contributed by atoms with E-state index in [1.165, 1.54) is 4.90 Å². The van der Waals surface area contributed by atoms with E-state index in [2.05, 4.69) is 12.3 Å². The standard InChI is InChI=1S/C7H7S.2BrH.Mg/c1-8-7-5-3-2-4-6-7;;;/h3-6H,1H3;2*1H;/q-1;;;+2/p-1. The van der Waals surface area contributed by atoms with E-state index < -0.39 is 0 Å².